The van der Waals surface area contributed by atoms with Crippen LogP contribution in [-0.4, -0.2) is 16.7 Å². The second-order valence-corrected chi connectivity index (χ2v) is 3.45. The van der Waals surface area contributed by atoms with Gasteiger partial charge in [-0.1, -0.05) is 6.92 Å². The van der Waals surface area contributed by atoms with Crippen molar-refractivity contribution in [3.63, 3.8) is 0 Å². The number of alkyl halides is 1. The van der Waals surface area contributed by atoms with E-state index < -0.39 is 11.6 Å². The number of hydrogen-bond donors (Lipinski definition) is 1. The lowest BCUT2D eigenvalue weighted by molar-refractivity contribution is -0.153. The summed E-state index contributed by atoms with van der Waals surface area (Å²) in [6.45, 7) is 2.03. The van der Waals surface area contributed by atoms with E-state index in [1.54, 1.807) is 0 Å². The van der Waals surface area contributed by atoms with Crippen LogP contribution in [0, 0.1) is 5.92 Å². The molecule has 0 aliphatic heterocycles. The van der Waals surface area contributed by atoms with Gasteiger partial charge in [-0.05, 0) is 31.6 Å². The highest BCUT2D eigenvalue weighted by atomic mass is 19.1. The van der Waals surface area contributed by atoms with Crippen molar-refractivity contribution in [2.24, 2.45) is 5.92 Å². The highest BCUT2D eigenvalue weighted by molar-refractivity contribution is 5.77. The van der Waals surface area contributed by atoms with E-state index in [0.29, 0.717) is 18.8 Å². The predicted octanol–water partition coefficient (Wildman–Crippen LogP) is 1.99. The van der Waals surface area contributed by atoms with Gasteiger partial charge in [0.1, 0.15) is 0 Å². The molecule has 0 amide bonds. The standard InChI is InChI=1S/C8H13FO2/c1-6-2-4-8(9,5-3-6)7(10)11/h6H,2-5H2,1H3,(H,10,11). The van der Waals surface area contributed by atoms with Gasteiger partial charge in [0.2, 0.25) is 5.67 Å². The molecule has 1 N–H and O–H groups in total. The van der Waals surface area contributed by atoms with Gasteiger partial charge in [-0.15, -0.1) is 0 Å². The van der Waals surface area contributed by atoms with Crippen LogP contribution in [0.2, 0.25) is 0 Å². The highest BCUT2D eigenvalue weighted by Gasteiger charge is 2.41. The zero-order valence-electron chi connectivity index (χ0n) is 6.64. The van der Waals surface area contributed by atoms with Gasteiger partial charge in [-0.2, -0.15) is 0 Å². The smallest absolute Gasteiger partial charge is 0.341 e. The Morgan fingerprint density at radius 3 is 2.36 bits per heavy atom. The van der Waals surface area contributed by atoms with E-state index in [9.17, 15) is 9.18 Å². The lowest BCUT2D eigenvalue weighted by atomic mass is 9.81. The largest absolute Gasteiger partial charge is 0.479 e. The Bertz CT molecular complexity index is 159. The zero-order chi connectivity index (χ0) is 8.48. The SMILES string of the molecule is CC1CCC(F)(C(=O)O)CC1. The molecule has 3 heteroatoms. The summed E-state index contributed by atoms with van der Waals surface area (Å²) < 4.78 is 13.3. The Balaban J connectivity index is 2.55. The first kappa shape index (κ1) is 8.50. The molecule has 0 aromatic rings. The maximum Gasteiger partial charge on any atom is 0.341 e. The van der Waals surface area contributed by atoms with Gasteiger partial charge in [0, 0.05) is 0 Å². The average molecular weight is 160 g/mol. The molecule has 0 unspecified atom stereocenters. The van der Waals surface area contributed by atoms with Crippen LogP contribution in [0.3, 0.4) is 0 Å². The Morgan fingerprint density at radius 2 is 2.00 bits per heavy atom. The van der Waals surface area contributed by atoms with Crippen LogP contribution in [0.1, 0.15) is 32.6 Å². The highest BCUT2D eigenvalue weighted by Crippen LogP contribution is 2.34. The lowest BCUT2D eigenvalue weighted by Gasteiger charge is -2.28. The molecule has 0 radical (unpaired) electrons. The second kappa shape index (κ2) is 2.80. The number of halogens is 1. The summed E-state index contributed by atoms with van der Waals surface area (Å²) in [5.41, 5.74) is -1.92. The van der Waals surface area contributed by atoms with Crippen molar-refractivity contribution in [1.29, 1.82) is 0 Å². The molecule has 2 nitrogen and oxygen atoms in total. The average Bonchev–Trinajstić information content (AvgIpc) is 1.95. The van der Waals surface area contributed by atoms with E-state index >= 15 is 0 Å². The number of rotatable bonds is 1. The van der Waals surface area contributed by atoms with Crippen LogP contribution < -0.4 is 0 Å². The van der Waals surface area contributed by atoms with Gasteiger partial charge in [0.15, 0.2) is 0 Å². The van der Waals surface area contributed by atoms with Crippen LogP contribution in [0.5, 0.6) is 0 Å². The van der Waals surface area contributed by atoms with Gasteiger partial charge in [-0.25, -0.2) is 9.18 Å². The van der Waals surface area contributed by atoms with Crippen molar-refractivity contribution in [3.8, 4) is 0 Å². The van der Waals surface area contributed by atoms with E-state index in [4.69, 9.17) is 5.11 Å². The topological polar surface area (TPSA) is 37.3 Å². The number of carboxylic acid groups (broad SMARTS) is 1. The molecule has 64 valence electrons. The number of hydrogen-bond acceptors (Lipinski definition) is 1. The first-order valence-electron chi connectivity index (χ1n) is 3.97. The Kier molecular flexibility index (Phi) is 2.16. The van der Waals surface area contributed by atoms with E-state index in [1.165, 1.54) is 0 Å². The molecule has 1 aliphatic carbocycles. The van der Waals surface area contributed by atoms with Crippen molar-refractivity contribution in [2.45, 2.75) is 38.3 Å². The van der Waals surface area contributed by atoms with E-state index in [-0.39, 0.29) is 12.8 Å². The number of carbonyl (C=O) groups is 1. The van der Waals surface area contributed by atoms with E-state index in [0.717, 1.165) is 0 Å². The summed E-state index contributed by atoms with van der Waals surface area (Å²) in [5, 5.41) is 8.51. The van der Waals surface area contributed by atoms with Crippen molar-refractivity contribution in [3.05, 3.63) is 0 Å². The van der Waals surface area contributed by atoms with Crippen LogP contribution in [0.4, 0.5) is 4.39 Å². The van der Waals surface area contributed by atoms with E-state index in [1.807, 2.05) is 6.92 Å². The fraction of sp³-hybridized carbons (Fsp3) is 0.875. The molecule has 0 spiro atoms. The molecule has 0 aromatic heterocycles. The molecule has 0 saturated heterocycles. The third-order valence-corrected chi connectivity index (χ3v) is 2.45. The van der Waals surface area contributed by atoms with Crippen molar-refractivity contribution in [1.82, 2.24) is 0 Å². The second-order valence-electron chi connectivity index (χ2n) is 3.45. The molecule has 0 heterocycles. The Hall–Kier alpha value is -0.600. The maximum atomic E-state index is 13.3. The zero-order valence-corrected chi connectivity index (χ0v) is 6.64. The minimum absolute atomic E-state index is 0.184. The van der Waals surface area contributed by atoms with Crippen LogP contribution in [0.15, 0.2) is 0 Å². The van der Waals surface area contributed by atoms with Gasteiger partial charge >= 0.3 is 5.97 Å². The van der Waals surface area contributed by atoms with Crippen molar-refractivity contribution >= 4 is 5.97 Å². The third-order valence-electron chi connectivity index (χ3n) is 2.45. The van der Waals surface area contributed by atoms with Crippen LogP contribution in [0.25, 0.3) is 0 Å². The van der Waals surface area contributed by atoms with Gasteiger partial charge < -0.3 is 5.11 Å². The fourth-order valence-corrected chi connectivity index (χ4v) is 1.43. The molecule has 1 rings (SSSR count). The molecular weight excluding hydrogens is 147 g/mol. The number of carboxylic acids is 1. The molecule has 1 fully saturated rings. The maximum absolute atomic E-state index is 13.3. The first-order chi connectivity index (χ1) is 5.04. The summed E-state index contributed by atoms with van der Waals surface area (Å²) in [7, 11) is 0. The first-order valence-corrected chi connectivity index (χ1v) is 3.97. The third kappa shape index (κ3) is 1.70. The Labute approximate surface area is 65.4 Å². The van der Waals surface area contributed by atoms with Gasteiger partial charge in [0.05, 0.1) is 0 Å². The molecule has 0 atom stereocenters. The minimum Gasteiger partial charge on any atom is -0.479 e. The fourth-order valence-electron chi connectivity index (χ4n) is 1.43. The summed E-state index contributed by atoms with van der Waals surface area (Å²) >= 11 is 0. The molecule has 1 saturated carbocycles. The van der Waals surface area contributed by atoms with Crippen molar-refractivity contribution < 1.29 is 14.3 Å². The Morgan fingerprint density at radius 1 is 1.55 bits per heavy atom. The normalized spacial score (nSPS) is 38.5. The number of aliphatic carboxylic acids is 1. The molecule has 11 heavy (non-hydrogen) atoms. The van der Waals surface area contributed by atoms with Crippen molar-refractivity contribution in [2.75, 3.05) is 0 Å². The van der Waals surface area contributed by atoms with Crippen LogP contribution in [-0.2, 0) is 4.79 Å². The van der Waals surface area contributed by atoms with Crippen LogP contribution >= 0.6 is 0 Å². The summed E-state index contributed by atoms with van der Waals surface area (Å²) in [6, 6.07) is 0. The quantitative estimate of drug-likeness (QED) is 0.636. The van der Waals surface area contributed by atoms with Gasteiger partial charge in [0.25, 0.3) is 0 Å². The monoisotopic (exact) mass is 160 g/mol. The molecular formula is C8H13FO2. The summed E-state index contributed by atoms with van der Waals surface area (Å²) in [6.07, 6.45) is 1.76. The minimum atomic E-state index is -1.92. The molecule has 0 bridgehead atoms. The van der Waals surface area contributed by atoms with Gasteiger partial charge in [-0.3, -0.25) is 0 Å². The van der Waals surface area contributed by atoms with E-state index in [2.05, 4.69) is 0 Å². The summed E-state index contributed by atoms with van der Waals surface area (Å²) in [4.78, 5) is 10.4. The lowest BCUT2D eigenvalue weighted by Crippen LogP contribution is -2.37. The molecule has 1 aliphatic rings. The predicted molar refractivity (Wildman–Crippen MR) is 39.1 cm³/mol. The summed E-state index contributed by atoms with van der Waals surface area (Å²) in [5.74, 6) is -0.803. The molecule has 0 aromatic carbocycles.